The number of nitrogens with one attached hydrogen (secondary N) is 1. The van der Waals surface area contributed by atoms with Gasteiger partial charge in [-0.1, -0.05) is 22.0 Å². The molecule has 23 heavy (non-hydrogen) atoms. The fourth-order valence-corrected chi connectivity index (χ4v) is 3.29. The largest absolute Gasteiger partial charge is 0.444 e. The number of nitrogens with zero attached hydrogens (tertiary/aromatic N) is 1. The molecule has 1 unspecified atom stereocenters. The SMILES string of the molecule is CCN(CCNC1CCc2cc(Br)ccc21)C(=O)OC(C)(C)C. The molecule has 0 radical (unpaired) electrons. The van der Waals surface area contributed by atoms with E-state index in [9.17, 15) is 4.79 Å². The van der Waals surface area contributed by atoms with Crippen LogP contribution < -0.4 is 5.32 Å². The summed E-state index contributed by atoms with van der Waals surface area (Å²) in [5, 5.41) is 3.58. The third kappa shape index (κ3) is 5.21. The van der Waals surface area contributed by atoms with Crippen LogP contribution in [0.3, 0.4) is 0 Å². The molecule has 0 fully saturated rings. The number of carbonyl (C=O) groups excluding carboxylic acids is 1. The van der Waals surface area contributed by atoms with E-state index in [2.05, 4.69) is 39.4 Å². The number of amides is 1. The van der Waals surface area contributed by atoms with E-state index in [0.717, 1.165) is 23.9 Å². The van der Waals surface area contributed by atoms with Crippen LogP contribution in [0.2, 0.25) is 0 Å². The van der Waals surface area contributed by atoms with E-state index in [-0.39, 0.29) is 6.09 Å². The van der Waals surface area contributed by atoms with Gasteiger partial charge in [0.2, 0.25) is 0 Å². The zero-order chi connectivity index (χ0) is 17.0. The lowest BCUT2D eigenvalue weighted by atomic mass is 10.1. The number of fused-ring (bicyclic) bond motifs is 1. The number of carbonyl (C=O) groups is 1. The van der Waals surface area contributed by atoms with Gasteiger partial charge in [-0.3, -0.25) is 0 Å². The second-order valence-corrected chi connectivity index (χ2v) is 7.86. The molecule has 0 bridgehead atoms. The minimum absolute atomic E-state index is 0.238. The molecular formula is C18H27BrN2O2. The molecule has 1 atom stereocenters. The molecule has 0 aliphatic heterocycles. The lowest BCUT2D eigenvalue weighted by Crippen LogP contribution is -2.40. The van der Waals surface area contributed by atoms with Crippen LogP contribution in [0, 0.1) is 0 Å². The zero-order valence-electron chi connectivity index (χ0n) is 14.5. The lowest BCUT2D eigenvalue weighted by molar-refractivity contribution is 0.0261. The molecule has 1 N–H and O–H groups in total. The monoisotopic (exact) mass is 382 g/mol. The van der Waals surface area contributed by atoms with E-state index in [1.807, 2.05) is 27.7 Å². The number of ether oxygens (including phenoxy) is 1. The first kappa shape index (κ1) is 18.3. The summed E-state index contributed by atoms with van der Waals surface area (Å²) in [7, 11) is 0. The molecule has 0 aromatic heterocycles. The third-order valence-electron chi connectivity index (χ3n) is 3.99. The summed E-state index contributed by atoms with van der Waals surface area (Å²) in [6, 6.07) is 6.87. The summed E-state index contributed by atoms with van der Waals surface area (Å²) in [5.74, 6) is 0. The van der Waals surface area contributed by atoms with Gasteiger partial charge in [-0.25, -0.2) is 4.79 Å². The molecule has 1 aliphatic carbocycles. The molecule has 4 nitrogen and oxygen atoms in total. The van der Waals surface area contributed by atoms with Crippen LogP contribution in [-0.2, 0) is 11.2 Å². The number of likely N-dealkylation sites (N-methyl/N-ethyl adjacent to an activating group) is 1. The Hall–Kier alpha value is -1.07. The van der Waals surface area contributed by atoms with Gasteiger partial charge in [0.05, 0.1) is 0 Å². The van der Waals surface area contributed by atoms with Gasteiger partial charge in [-0.05, 0) is 63.8 Å². The molecule has 1 aliphatic rings. The molecule has 0 saturated heterocycles. The predicted octanol–water partition coefficient (Wildman–Crippen LogP) is 4.28. The first-order valence-electron chi connectivity index (χ1n) is 8.30. The standard InChI is InChI=1S/C18H27BrN2O2/c1-5-21(17(22)23-18(2,3)4)11-10-20-16-9-6-13-12-14(19)7-8-15(13)16/h7-8,12,16,20H,5-6,9-11H2,1-4H3. The molecule has 1 amide bonds. The minimum atomic E-state index is -0.449. The molecule has 0 spiro atoms. The molecule has 0 heterocycles. The highest BCUT2D eigenvalue weighted by atomic mass is 79.9. The Kier molecular flexibility index (Phi) is 6.09. The Morgan fingerprint density at radius 2 is 2.17 bits per heavy atom. The van der Waals surface area contributed by atoms with Crippen LogP contribution in [0.5, 0.6) is 0 Å². The van der Waals surface area contributed by atoms with Crippen LogP contribution >= 0.6 is 15.9 Å². The van der Waals surface area contributed by atoms with Gasteiger partial charge in [0.25, 0.3) is 0 Å². The summed E-state index contributed by atoms with van der Waals surface area (Å²) in [4.78, 5) is 13.9. The van der Waals surface area contributed by atoms with Gasteiger partial charge in [-0.15, -0.1) is 0 Å². The normalized spacial score (nSPS) is 17.0. The summed E-state index contributed by atoms with van der Waals surface area (Å²) >= 11 is 3.53. The van der Waals surface area contributed by atoms with E-state index in [4.69, 9.17) is 4.74 Å². The second-order valence-electron chi connectivity index (χ2n) is 6.95. The fraction of sp³-hybridized carbons (Fsp3) is 0.611. The van der Waals surface area contributed by atoms with Gasteiger partial charge in [-0.2, -0.15) is 0 Å². The molecular weight excluding hydrogens is 356 g/mol. The Morgan fingerprint density at radius 1 is 1.43 bits per heavy atom. The maximum Gasteiger partial charge on any atom is 0.410 e. The number of hydrogen-bond donors (Lipinski definition) is 1. The summed E-state index contributed by atoms with van der Waals surface area (Å²) in [5.41, 5.74) is 2.35. The Labute approximate surface area is 147 Å². The van der Waals surface area contributed by atoms with Crippen molar-refractivity contribution in [2.75, 3.05) is 19.6 Å². The first-order valence-corrected chi connectivity index (χ1v) is 9.09. The molecule has 0 saturated carbocycles. The van der Waals surface area contributed by atoms with E-state index < -0.39 is 5.60 Å². The van der Waals surface area contributed by atoms with E-state index in [1.54, 1.807) is 4.90 Å². The molecule has 128 valence electrons. The average molecular weight is 383 g/mol. The lowest BCUT2D eigenvalue weighted by Gasteiger charge is -2.27. The number of aryl methyl sites for hydroxylation is 1. The summed E-state index contributed by atoms with van der Waals surface area (Å²) < 4.78 is 6.57. The van der Waals surface area contributed by atoms with Gasteiger partial charge >= 0.3 is 6.09 Å². The van der Waals surface area contributed by atoms with Crippen molar-refractivity contribution in [1.82, 2.24) is 10.2 Å². The van der Waals surface area contributed by atoms with Gasteiger partial charge in [0, 0.05) is 30.1 Å². The number of hydrogen-bond acceptors (Lipinski definition) is 3. The van der Waals surface area contributed by atoms with Crippen LogP contribution in [0.1, 0.15) is 51.3 Å². The Balaban J connectivity index is 1.84. The third-order valence-corrected chi connectivity index (χ3v) is 4.48. The Bertz CT molecular complexity index is 554. The number of halogens is 1. The van der Waals surface area contributed by atoms with Crippen molar-refractivity contribution in [3.8, 4) is 0 Å². The fourth-order valence-electron chi connectivity index (χ4n) is 2.88. The quantitative estimate of drug-likeness (QED) is 0.825. The number of benzene rings is 1. The van der Waals surface area contributed by atoms with Crippen LogP contribution in [-0.4, -0.2) is 36.2 Å². The highest BCUT2D eigenvalue weighted by Gasteiger charge is 2.23. The van der Waals surface area contributed by atoms with Gasteiger partial charge in [0.1, 0.15) is 5.60 Å². The molecule has 2 rings (SSSR count). The van der Waals surface area contributed by atoms with Crippen molar-refractivity contribution < 1.29 is 9.53 Å². The highest BCUT2D eigenvalue weighted by Crippen LogP contribution is 2.32. The molecule has 5 heteroatoms. The summed E-state index contributed by atoms with van der Waals surface area (Å²) in [6.45, 7) is 9.75. The minimum Gasteiger partial charge on any atom is -0.444 e. The van der Waals surface area contributed by atoms with E-state index in [0.29, 0.717) is 19.1 Å². The van der Waals surface area contributed by atoms with Gasteiger partial charge < -0.3 is 15.0 Å². The smallest absolute Gasteiger partial charge is 0.410 e. The van der Waals surface area contributed by atoms with Crippen molar-refractivity contribution in [1.29, 1.82) is 0 Å². The second kappa shape index (κ2) is 7.67. The molecule has 1 aromatic rings. The first-order chi connectivity index (χ1) is 10.8. The van der Waals surface area contributed by atoms with Crippen LogP contribution in [0.4, 0.5) is 4.79 Å². The number of rotatable bonds is 5. The van der Waals surface area contributed by atoms with Crippen molar-refractivity contribution in [3.05, 3.63) is 33.8 Å². The van der Waals surface area contributed by atoms with Crippen LogP contribution in [0.25, 0.3) is 0 Å². The Morgan fingerprint density at radius 3 is 2.83 bits per heavy atom. The van der Waals surface area contributed by atoms with Crippen molar-refractivity contribution >= 4 is 22.0 Å². The van der Waals surface area contributed by atoms with Crippen molar-refractivity contribution in [2.45, 2.75) is 52.2 Å². The highest BCUT2D eigenvalue weighted by molar-refractivity contribution is 9.10. The van der Waals surface area contributed by atoms with Gasteiger partial charge in [0.15, 0.2) is 0 Å². The van der Waals surface area contributed by atoms with Crippen molar-refractivity contribution in [2.24, 2.45) is 0 Å². The van der Waals surface area contributed by atoms with E-state index >= 15 is 0 Å². The topological polar surface area (TPSA) is 41.6 Å². The van der Waals surface area contributed by atoms with E-state index in [1.165, 1.54) is 11.1 Å². The van der Waals surface area contributed by atoms with Crippen molar-refractivity contribution in [3.63, 3.8) is 0 Å². The predicted molar refractivity (Wildman–Crippen MR) is 96.7 cm³/mol. The van der Waals surface area contributed by atoms with Crippen LogP contribution in [0.15, 0.2) is 22.7 Å². The average Bonchev–Trinajstić information content (AvgIpc) is 2.83. The zero-order valence-corrected chi connectivity index (χ0v) is 16.1. The maximum atomic E-state index is 12.1. The summed E-state index contributed by atoms with van der Waals surface area (Å²) in [6.07, 6.45) is 1.98. The molecule has 1 aromatic carbocycles. The maximum absolute atomic E-state index is 12.1.